The lowest BCUT2D eigenvalue weighted by molar-refractivity contribution is -0.144. The number of carboxylic acid groups (broad SMARTS) is 1. The van der Waals surface area contributed by atoms with Gasteiger partial charge in [-0.1, -0.05) is 17.7 Å². The van der Waals surface area contributed by atoms with Crippen LogP contribution in [-0.2, 0) is 14.3 Å². The molecule has 8 heteroatoms. The van der Waals surface area contributed by atoms with E-state index < -0.39 is 23.9 Å². The van der Waals surface area contributed by atoms with Gasteiger partial charge in [0.05, 0.1) is 17.2 Å². The minimum Gasteiger partial charge on any atom is -0.478 e. The first kappa shape index (κ1) is 22.8. The van der Waals surface area contributed by atoms with E-state index >= 15 is 0 Å². The van der Waals surface area contributed by atoms with Crippen LogP contribution in [0, 0.1) is 23.1 Å². The van der Waals surface area contributed by atoms with Gasteiger partial charge < -0.3 is 15.2 Å². The smallest absolute Gasteiger partial charge is 0.336 e. The molecule has 1 fully saturated rings. The molecular weight excluding hydrogens is 423 g/mol. The van der Waals surface area contributed by atoms with Crippen molar-refractivity contribution in [3.8, 4) is 6.07 Å². The second-order valence-electron chi connectivity index (χ2n) is 8.01. The number of dihydropyridines is 1. The number of aliphatic carboxylic acids is 1. The van der Waals surface area contributed by atoms with Crippen molar-refractivity contribution in [2.75, 3.05) is 0 Å². The number of benzene rings is 1. The number of esters is 1. The molecule has 1 aromatic rings. The third kappa shape index (κ3) is 4.91. The molecule has 1 aliphatic heterocycles. The lowest BCUT2D eigenvalue weighted by atomic mass is 9.86. The van der Waals surface area contributed by atoms with E-state index in [9.17, 15) is 19.1 Å². The normalized spacial score (nSPS) is 23.4. The summed E-state index contributed by atoms with van der Waals surface area (Å²) in [4.78, 5) is 24.3. The summed E-state index contributed by atoms with van der Waals surface area (Å²) in [5.41, 5.74) is 1.83. The molecule has 1 aromatic carbocycles. The second-order valence-corrected chi connectivity index (χ2v) is 8.42. The fourth-order valence-corrected chi connectivity index (χ4v) is 4.82. The molecule has 1 heterocycles. The molecule has 1 aliphatic carbocycles. The zero-order valence-corrected chi connectivity index (χ0v) is 18.1. The van der Waals surface area contributed by atoms with Gasteiger partial charge in [0.25, 0.3) is 0 Å². The van der Waals surface area contributed by atoms with E-state index in [-0.39, 0.29) is 29.4 Å². The van der Waals surface area contributed by atoms with Crippen LogP contribution in [0.2, 0.25) is 5.02 Å². The van der Waals surface area contributed by atoms with E-state index in [2.05, 4.69) is 11.4 Å². The number of hydrogen-bond donors (Lipinski definition) is 2. The van der Waals surface area contributed by atoms with Crippen LogP contribution in [0.1, 0.15) is 57.4 Å². The summed E-state index contributed by atoms with van der Waals surface area (Å²) in [6.45, 7) is 3.35. The number of nitrogens with zero attached hydrogens (tertiary/aromatic N) is 1. The first-order valence-electron chi connectivity index (χ1n) is 10.1. The Morgan fingerprint density at radius 2 is 2.00 bits per heavy atom. The zero-order chi connectivity index (χ0) is 22.7. The average Bonchev–Trinajstić information content (AvgIpc) is 3.07. The van der Waals surface area contributed by atoms with E-state index in [0.29, 0.717) is 47.7 Å². The zero-order valence-electron chi connectivity index (χ0n) is 17.4. The lowest BCUT2D eigenvalue weighted by Gasteiger charge is -2.22. The van der Waals surface area contributed by atoms with Gasteiger partial charge in [-0.3, -0.25) is 0 Å². The summed E-state index contributed by atoms with van der Waals surface area (Å²) in [7, 11) is 0. The first-order chi connectivity index (χ1) is 14.7. The van der Waals surface area contributed by atoms with E-state index in [1.807, 2.05) is 0 Å². The molecule has 3 rings (SSSR count). The Balaban J connectivity index is 1.78. The van der Waals surface area contributed by atoms with Gasteiger partial charge in [-0.25, -0.2) is 14.0 Å². The number of halogens is 2. The molecule has 1 saturated carbocycles. The van der Waals surface area contributed by atoms with Crippen molar-refractivity contribution in [3.05, 3.63) is 57.1 Å². The van der Waals surface area contributed by atoms with Crippen molar-refractivity contribution in [3.63, 3.8) is 0 Å². The van der Waals surface area contributed by atoms with Gasteiger partial charge in [-0.2, -0.15) is 5.26 Å². The van der Waals surface area contributed by atoms with Gasteiger partial charge in [-0.05, 0) is 57.1 Å². The van der Waals surface area contributed by atoms with Crippen molar-refractivity contribution >= 4 is 23.5 Å². The number of carbonyl (C=O) groups excluding carboxylic acids is 1. The van der Waals surface area contributed by atoms with Crippen molar-refractivity contribution in [1.82, 2.24) is 5.32 Å². The SMILES string of the molecule is CC1=C(C(=O)O)CC(C(=O)OC2CC(CCC#N)C(c3c(F)cccc3Cl)C2)=C(C)N1. The number of ether oxygens (including phenoxy) is 1. The number of carboxylic acids is 1. The van der Waals surface area contributed by atoms with E-state index in [1.54, 1.807) is 26.0 Å². The first-order valence-corrected chi connectivity index (χ1v) is 10.5. The Morgan fingerprint density at radius 1 is 1.29 bits per heavy atom. The van der Waals surface area contributed by atoms with Crippen LogP contribution in [0.5, 0.6) is 0 Å². The molecule has 6 nitrogen and oxygen atoms in total. The monoisotopic (exact) mass is 446 g/mol. The Morgan fingerprint density at radius 3 is 2.65 bits per heavy atom. The van der Waals surface area contributed by atoms with Crippen LogP contribution in [-0.4, -0.2) is 23.1 Å². The molecule has 0 spiro atoms. The summed E-state index contributed by atoms with van der Waals surface area (Å²) >= 11 is 6.27. The Bertz CT molecular complexity index is 991. The number of carbonyl (C=O) groups is 2. The maximum atomic E-state index is 14.6. The standard InChI is InChI=1S/C23H24ClFN2O4/c1-12-16(22(28)29)11-17(13(2)27-12)23(30)31-15-9-14(5-4-8-26)18(10-15)21-19(24)6-3-7-20(21)25/h3,6-7,14-15,18,27H,4-5,9-11H2,1-2H3,(H,28,29). The number of nitriles is 1. The Labute approximate surface area is 185 Å². The molecular formula is C23H24ClFN2O4. The number of hydrogen-bond acceptors (Lipinski definition) is 5. The minimum atomic E-state index is -1.09. The summed E-state index contributed by atoms with van der Waals surface area (Å²) in [5, 5.41) is 21.6. The van der Waals surface area contributed by atoms with Crippen LogP contribution in [0.4, 0.5) is 4.39 Å². The Hall–Kier alpha value is -2.85. The van der Waals surface area contributed by atoms with Gasteiger partial charge in [0.15, 0.2) is 0 Å². The highest BCUT2D eigenvalue weighted by molar-refractivity contribution is 6.31. The molecule has 0 bridgehead atoms. The molecule has 2 N–H and O–H groups in total. The predicted molar refractivity (Wildman–Crippen MR) is 112 cm³/mol. The van der Waals surface area contributed by atoms with E-state index in [4.69, 9.17) is 21.6 Å². The highest BCUT2D eigenvalue weighted by Gasteiger charge is 2.40. The van der Waals surface area contributed by atoms with Gasteiger partial charge in [-0.15, -0.1) is 0 Å². The minimum absolute atomic E-state index is 0.0218. The van der Waals surface area contributed by atoms with Crippen LogP contribution >= 0.6 is 11.6 Å². The summed E-state index contributed by atoms with van der Waals surface area (Å²) in [5.74, 6) is -2.40. The van der Waals surface area contributed by atoms with Crippen molar-refractivity contribution in [2.24, 2.45) is 5.92 Å². The van der Waals surface area contributed by atoms with Gasteiger partial charge in [0.2, 0.25) is 0 Å². The summed E-state index contributed by atoms with van der Waals surface area (Å²) in [6, 6.07) is 6.64. The molecule has 31 heavy (non-hydrogen) atoms. The maximum absolute atomic E-state index is 14.6. The van der Waals surface area contributed by atoms with Crippen LogP contribution < -0.4 is 5.32 Å². The van der Waals surface area contributed by atoms with Gasteiger partial charge in [0, 0.05) is 34.8 Å². The van der Waals surface area contributed by atoms with Crippen LogP contribution in [0.3, 0.4) is 0 Å². The van der Waals surface area contributed by atoms with Crippen molar-refractivity contribution < 1.29 is 23.8 Å². The molecule has 0 radical (unpaired) electrons. The predicted octanol–water partition coefficient (Wildman–Crippen LogP) is 4.81. The maximum Gasteiger partial charge on any atom is 0.336 e. The van der Waals surface area contributed by atoms with E-state index in [0.717, 1.165) is 0 Å². The second kappa shape index (κ2) is 9.52. The Kier molecular flexibility index (Phi) is 7.01. The number of allylic oxidation sites excluding steroid dienone is 2. The van der Waals surface area contributed by atoms with Crippen molar-refractivity contribution in [1.29, 1.82) is 5.26 Å². The average molecular weight is 447 g/mol. The number of rotatable bonds is 6. The third-order valence-electron chi connectivity index (χ3n) is 6.06. The van der Waals surface area contributed by atoms with Crippen LogP contribution in [0.25, 0.3) is 0 Å². The highest BCUT2D eigenvalue weighted by Crippen LogP contribution is 2.46. The summed E-state index contributed by atoms with van der Waals surface area (Å²) < 4.78 is 20.3. The topological polar surface area (TPSA) is 99.4 Å². The number of nitrogens with one attached hydrogen (secondary N) is 1. The van der Waals surface area contributed by atoms with E-state index in [1.165, 1.54) is 6.07 Å². The quantitative estimate of drug-likeness (QED) is 0.608. The molecule has 0 saturated heterocycles. The van der Waals surface area contributed by atoms with Crippen molar-refractivity contribution in [2.45, 2.75) is 58.0 Å². The lowest BCUT2D eigenvalue weighted by Crippen LogP contribution is -2.27. The molecule has 0 amide bonds. The summed E-state index contributed by atoms with van der Waals surface area (Å²) in [6.07, 6.45) is 1.25. The van der Waals surface area contributed by atoms with Crippen LogP contribution in [0.15, 0.2) is 40.7 Å². The molecule has 164 valence electrons. The third-order valence-corrected chi connectivity index (χ3v) is 6.39. The fourth-order valence-electron chi connectivity index (χ4n) is 4.52. The fraction of sp³-hybridized carbons (Fsp3) is 0.435. The molecule has 0 aromatic heterocycles. The molecule has 3 unspecified atom stereocenters. The molecule has 3 atom stereocenters. The highest BCUT2D eigenvalue weighted by atomic mass is 35.5. The van der Waals surface area contributed by atoms with Gasteiger partial charge >= 0.3 is 11.9 Å². The van der Waals surface area contributed by atoms with Gasteiger partial charge in [0.1, 0.15) is 11.9 Å². The molecule has 2 aliphatic rings. The largest absolute Gasteiger partial charge is 0.478 e.